The van der Waals surface area contributed by atoms with Gasteiger partial charge in [0.1, 0.15) is 0 Å². The van der Waals surface area contributed by atoms with Crippen LogP contribution in [0.25, 0.3) is 22.3 Å². The van der Waals surface area contributed by atoms with Gasteiger partial charge in [-0.2, -0.15) is 0 Å². The molecule has 200 valence electrons. The third-order valence-electron chi connectivity index (χ3n) is 6.76. The zero-order valence-electron chi connectivity index (χ0n) is 23.6. The summed E-state index contributed by atoms with van der Waals surface area (Å²) >= 11 is 0. The lowest BCUT2D eigenvalue weighted by Crippen LogP contribution is -2.50. The van der Waals surface area contributed by atoms with Crippen LogP contribution in [0.4, 0.5) is 5.69 Å². The van der Waals surface area contributed by atoms with Gasteiger partial charge in [0.2, 0.25) is 0 Å². The van der Waals surface area contributed by atoms with Crippen molar-refractivity contribution in [3.63, 3.8) is 0 Å². The van der Waals surface area contributed by atoms with E-state index >= 15 is 0 Å². The molecule has 0 aliphatic rings. The van der Waals surface area contributed by atoms with E-state index in [0.29, 0.717) is 0 Å². The average Bonchev–Trinajstić information content (AvgIpc) is 3.04. The van der Waals surface area contributed by atoms with Crippen molar-refractivity contribution in [3.05, 3.63) is 140 Å². The zero-order valence-corrected chi connectivity index (χ0v) is 23.6. The minimum atomic E-state index is -0.240. The third kappa shape index (κ3) is 7.10. The molecule has 0 saturated carbocycles. The Balaban J connectivity index is 0.000000283. The van der Waals surface area contributed by atoms with Crippen molar-refractivity contribution in [1.29, 1.82) is 0 Å². The van der Waals surface area contributed by atoms with Crippen LogP contribution in [-0.4, -0.2) is 42.5 Å². The predicted molar refractivity (Wildman–Crippen MR) is 170 cm³/mol. The molecule has 5 aromatic carbocycles. The van der Waals surface area contributed by atoms with Crippen molar-refractivity contribution in [2.45, 2.75) is 0 Å². The Morgan fingerprint density at radius 1 is 0.475 bits per heavy atom. The van der Waals surface area contributed by atoms with Crippen LogP contribution in [0.1, 0.15) is 0 Å². The van der Waals surface area contributed by atoms with E-state index < -0.39 is 0 Å². The van der Waals surface area contributed by atoms with Crippen molar-refractivity contribution >= 4 is 30.8 Å². The van der Waals surface area contributed by atoms with Crippen molar-refractivity contribution < 1.29 is 14.0 Å². The Bertz CT molecular complexity index is 1360. The summed E-state index contributed by atoms with van der Waals surface area (Å²) in [5.41, 5.74) is 8.05. The summed E-state index contributed by atoms with van der Waals surface area (Å²) in [6.45, 7) is 0. The maximum Gasteiger partial charge on any atom is 0.493 e. The number of nitrogens with zero attached hydrogens (tertiary/aromatic N) is 1. The van der Waals surface area contributed by atoms with E-state index in [4.69, 9.17) is 14.0 Å². The quantitative estimate of drug-likeness (QED) is 0.215. The number of hydrogen-bond acceptors (Lipinski definition) is 4. The highest BCUT2D eigenvalue weighted by molar-refractivity contribution is 6.74. The van der Waals surface area contributed by atoms with Crippen LogP contribution >= 0.6 is 0 Å². The van der Waals surface area contributed by atoms with Crippen LogP contribution in [0.2, 0.25) is 0 Å². The van der Waals surface area contributed by atoms with Crippen LogP contribution in [0.5, 0.6) is 0 Å². The molecule has 0 aromatic heterocycles. The van der Waals surface area contributed by atoms with Gasteiger partial charge in [-0.1, -0.05) is 127 Å². The van der Waals surface area contributed by atoms with E-state index in [2.05, 4.69) is 103 Å². The smallest absolute Gasteiger partial charge is 0.415 e. The van der Waals surface area contributed by atoms with Crippen molar-refractivity contribution in [3.8, 4) is 22.3 Å². The van der Waals surface area contributed by atoms with E-state index in [1.807, 2.05) is 48.5 Å². The number of rotatable bonds is 9. The highest BCUT2D eigenvalue weighted by atomic mass is 16.6. The Hall–Kier alpha value is -4.09. The van der Waals surface area contributed by atoms with Crippen LogP contribution < -0.4 is 15.7 Å². The molecular formula is C34H35B2NO3. The zero-order chi connectivity index (χ0) is 28.2. The summed E-state index contributed by atoms with van der Waals surface area (Å²) in [5.74, 6) is 0. The first kappa shape index (κ1) is 28.9. The van der Waals surface area contributed by atoms with Crippen molar-refractivity contribution in [1.82, 2.24) is 0 Å². The lowest BCUT2D eigenvalue weighted by Gasteiger charge is -2.29. The molecule has 0 saturated heterocycles. The molecule has 0 N–H and O–H groups in total. The summed E-state index contributed by atoms with van der Waals surface area (Å²) in [4.78, 5) is 2.19. The van der Waals surface area contributed by atoms with Gasteiger partial charge in [-0.3, -0.25) is 0 Å². The van der Waals surface area contributed by atoms with E-state index in [1.54, 1.807) is 21.3 Å². The van der Waals surface area contributed by atoms with Gasteiger partial charge in [-0.15, -0.1) is 0 Å². The summed E-state index contributed by atoms with van der Waals surface area (Å²) < 4.78 is 16.2. The molecule has 0 spiro atoms. The number of para-hydroxylation sites is 1. The maximum atomic E-state index is 6.10. The first-order valence-electron chi connectivity index (χ1n) is 13.3. The van der Waals surface area contributed by atoms with Gasteiger partial charge in [-0.05, 0) is 52.4 Å². The molecule has 0 aliphatic carbocycles. The van der Waals surface area contributed by atoms with Crippen LogP contribution in [-0.2, 0) is 14.0 Å². The van der Waals surface area contributed by atoms with Gasteiger partial charge < -0.3 is 18.8 Å². The summed E-state index contributed by atoms with van der Waals surface area (Å²) in [6, 6.07) is 47.7. The summed E-state index contributed by atoms with van der Waals surface area (Å²) in [6.07, 6.45) is 0. The predicted octanol–water partition coefficient (Wildman–Crippen LogP) is 6.17. The second-order valence-corrected chi connectivity index (χ2v) is 9.25. The Kier molecular flexibility index (Phi) is 10.8. The Morgan fingerprint density at radius 3 is 1.32 bits per heavy atom. The SMILES string of the molecule is COB(OC)c1ccccc1.COB(c1c(-c2ccccc2)cccc1-c1ccccc1)N(C)c1ccccc1. The van der Waals surface area contributed by atoms with E-state index in [9.17, 15) is 0 Å². The van der Waals surface area contributed by atoms with E-state index in [1.165, 1.54) is 27.7 Å². The van der Waals surface area contributed by atoms with Gasteiger partial charge >= 0.3 is 14.2 Å². The van der Waals surface area contributed by atoms with E-state index in [-0.39, 0.29) is 14.2 Å². The molecular weight excluding hydrogens is 492 g/mol. The first-order valence-corrected chi connectivity index (χ1v) is 13.3. The third-order valence-corrected chi connectivity index (χ3v) is 6.76. The monoisotopic (exact) mass is 527 g/mol. The van der Waals surface area contributed by atoms with Crippen LogP contribution in [0.15, 0.2) is 140 Å². The molecule has 0 unspecified atom stereocenters. The van der Waals surface area contributed by atoms with Gasteiger partial charge in [0.15, 0.2) is 0 Å². The first-order chi connectivity index (χ1) is 19.7. The molecule has 0 amide bonds. The largest absolute Gasteiger partial charge is 0.493 e. The van der Waals surface area contributed by atoms with Crippen LogP contribution in [0.3, 0.4) is 0 Å². The molecule has 4 nitrogen and oxygen atoms in total. The lowest BCUT2D eigenvalue weighted by atomic mass is 9.64. The fraction of sp³-hybridized carbons (Fsp3) is 0.118. The molecule has 5 rings (SSSR count). The fourth-order valence-electron chi connectivity index (χ4n) is 4.82. The Morgan fingerprint density at radius 2 is 0.900 bits per heavy atom. The molecule has 0 heterocycles. The summed E-state index contributed by atoms with van der Waals surface area (Å²) in [7, 11) is 6.64. The number of hydrogen-bond donors (Lipinski definition) is 0. The second-order valence-electron chi connectivity index (χ2n) is 9.25. The summed E-state index contributed by atoms with van der Waals surface area (Å²) in [5, 5.41) is 0. The highest BCUT2D eigenvalue weighted by Crippen LogP contribution is 2.27. The molecule has 5 aromatic rings. The standard InChI is InChI=1S/C26H24BNO.C8H11BO2/c1-28(23-17-10-5-11-18-23)27(29-2)26-24(21-13-6-3-7-14-21)19-12-20-25(26)22-15-8-4-9-16-22;1-10-9(11-2)8-6-4-3-5-7-8/h3-20H,1-2H3;3-7H,1-2H3. The molecule has 0 bridgehead atoms. The number of benzene rings is 5. The fourth-order valence-corrected chi connectivity index (χ4v) is 4.82. The second kappa shape index (κ2) is 14.9. The van der Waals surface area contributed by atoms with Crippen LogP contribution in [0, 0.1) is 0 Å². The Labute approximate surface area is 239 Å². The van der Waals surface area contributed by atoms with Gasteiger partial charge in [0.05, 0.1) is 0 Å². The molecule has 40 heavy (non-hydrogen) atoms. The molecule has 0 radical (unpaired) electrons. The average molecular weight is 527 g/mol. The number of anilines is 1. The van der Waals surface area contributed by atoms with Gasteiger partial charge in [-0.25, -0.2) is 0 Å². The molecule has 0 atom stereocenters. The van der Waals surface area contributed by atoms with Crippen molar-refractivity contribution in [2.24, 2.45) is 0 Å². The molecule has 0 fully saturated rings. The normalized spacial score (nSPS) is 10.3. The van der Waals surface area contributed by atoms with Gasteiger partial charge in [0, 0.05) is 27.0 Å². The maximum absolute atomic E-state index is 6.10. The minimum absolute atomic E-state index is 0.232. The van der Waals surface area contributed by atoms with Gasteiger partial charge in [0.25, 0.3) is 0 Å². The molecule has 0 aliphatic heterocycles. The lowest BCUT2D eigenvalue weighted by molar-refractivity contribution is 0.292. The van der Waals surface area contributed by atoms with Crippen molar-refractivity contribution in [2.75, 3.05) is 33.2 Å². The molecule has 6 heteroatoms. The van der Waals surface area contributed by atoms with E-state index in [0.717, 1.165) is 11.2 Å². The highest BCUT2D eigenvalue weighted by Gasteiger charge is 2.30. The topological polar surface area (TPSA) is 30.9 Å². The minimum Gasteiger partial charge on any atom is -0.415 e.